The van der Waals surface area contributed by atoms with Gasteiger partial charge in [0.15, 0.2) is 0 Å². The molecule has 0 aliphatic heterocycles. The monoisotopic (exact) mass is 105 g/mol. The van der Waals surface area contributed by atoms with Crippen molar-refractivity contribution in [1.29, 1.82) is 0 Å². The number of nitrogens with zero attached hydrogens (tertiary/aromatic N) is 1. The molecule has 0 bridgehead atoms. The van der Waals surface area contributed by atoms with Crippen LogP contribution in [0.1, 0.15) is 4.11 Å². The predicted molar refractivity (Wildman–Crippen MR) is 24.9 cm³/mol. The smallest absolute Gasteiger partial charge is 0.321 e. The van der Waals surface area contributed by atoms with Gasteiger partial charge in [0.2, 0.25) is 0 Å². The summed E-state index contributed by atoms with van der Waals surface area (Å²) >= 11 is 0. The normalized spacial score (nSPS) is 16.4. The second kappa shape index (κ2) is 3.61. The molecule has 0 aliphatic rings. The van der Waals surface area contributed by atoms with Gasteiger partial charge in [0.1, 0.15) is 6.54 Å². The summed E-state index contributed by atoms with van der Waals surface area (Å²) in [4.78, 5) is 10.3. The highest BCUT2D eigenvalue weighted by molar-refractivity contribution is 5.71. The fourth-order valence-electron chi connectivity index (χ4n) is 0.129. The third kappa shape index (κ3) is 3.26. The average molecular weight is 105 g/mol. The van der Waals surface area contributed by atoms with Crippen LogP contribution in [0, 0.1) is 0 Å². The largest absolute Gasteiger partial charge is 0.468 e. The van der Waals surface area contributed by atoms with Crippen molar-refractivity contribution in [2.45, 2.75) is 0 Å². The summed E-state index contributed by atoms with van der Waals surface area (Å²) in [5.74, 6) is -0.642. The van der Waals surface area contributed by atoms with Gasteiger partial charge in [0.05, 0.1) is 7.11 Å². The van der Waals surface area contributed by atoms with Gasteiger partial charge in [-0.2, -0.15) is 0 Å². The second-order valence-electron chi connectivity index (χ2n) is 0.892. The molecule has 0 spiro atoms. The van der Waals surface area contributed by atoms with Crippen LogP contribution in [0.4, 0.5) is 0 Å². The van der Waals surface area contributed by atoms with Crippen molar-refractivity contribution in [3.05, 3.63) is 0 Å². The van der Waals surface area contributed by atoms with E-state index in [1.165, 1.54) is 7.11 Å². The Hall–Kier alpha value is -0.570. The van der Waals surface area contributed by atoms with Gasteiger partial charge in [-0.1, -0.05) is 0 Å². The van der Waals surface area contributed by atoms with Gasteiger partial charge in [-0.3, -0.25) is 4.79 Å². The third-order valence-corrected chi connectivity index (χ3v) is 0.436. The first kappa shape index (κ1) is 2.67. The molecule has 0 fully saturated rings. The van der Waals surface area contributed by atoms with Crippen molar-refractivity contribution < 1.29 is 13.6 Å². The Balaban J connectivity index is 3.46. The molecule has 0 heterocycles. The lowest BCUT2D eigenvalue weighted by atomic mass is 10.7. The van der Waals surface area contributed by atoms with Gasteiger partial charge in [0, 0.05) is 11.1 Å². The Kier molecular flexibility index (Phi) is 1.38. The SMILES string of the molecule is [2H]C([2H])([2H])[N]CC(=O)OC. The van der Waals surface area contributed by atoms with Crippen molar-refractivity contribution in [2.24, 2.45) is 0 Å². The first-order valence-electron chi connectivity index (χ1n) is 3.21. The molecule has 0 unspecified atom stereocenters. The van der Waals surface area contributed by atoms with Gasteiger partial charge in [-0.05, 0) is 0 Å². The van der Waals surface area contributed by atoms with E-state index in [0.29, 0.717) is 0 Å². The lowest BCUT2D eigenvalue weighted by Gasteiger charge is -1.91. The van der Waals surface area contributed by atoms with Crippen LogP contribution in [-0.4, -0.2) is 26.6 Å². The number of likely N-dealkylation sites (N-methyl/N-ethyl adjacent to an activating group) is 1. The van der Waals surface area contributed by atoms with Crippen molar-refractivity contribution in [2.75, 3.05) is 20.6 Å². The fraction of sp³-hybridized carbons (Fsp3) is 0.750. The Morgan fingerprint density at radius 2 is 2.86 bits per heavy atom. The Morgan fingerprint density at radius 3 is 3.29 bits per heavy atom. The van der Waals surface area contributed by atoms with Crippen molar-refractivity contribution in [1.82, 2.24) is 5.32 Å². The van der Waals surface area contributed by atoms with Crippen LogP contribution in [0.2, 0.25) is 0 Å². The minimum Gasteiger partial charge on any atom is -0.468 e. The topological polar surface area (TPSA) is 40.4 Å². The van der Waals surface area contributed by atoms with E-state index in [4.69, 9.17) is 4.11 Å². The number of carbonyl (C=O) groups excluding carboxylic acids is 1. The Bertz CT molecular complexity index is 122. The summed E-state index contributed by atoms with van der Waals surface area (Å²) in [6.45, 7) is -2.80. The van der Waals surface area contributed by atoms with Crippen molar-refractivity contribution >= 4 is 5.97 Å². The van der Waals surface area contributed by atoms with E-state index >= 15 is 0 Å². The minimum absolute atomic E-state index is 0.410. The predicted octanol–water partition coefficient (Wildman–Crippen LogP) is -0.606. The summed E-state index contributed by atoms with van der Waals surface area (Å²) < 4.78 is 23.8. The van der Waals surface area contributed by atoms with Crippen LogP contribution in [0.25, 0.3) is 0 Å². The van der Waals surface area contributed by atoms with E-state index in [1.54, 1.807) is 0 Å². The van der Waals surface area contributed by atoms with Crippen molar-refractivity contribution in [3.8, 4) is 0 Å². The number of rotatable bonds is 2. The fourth-order valence-corrected chi connectivity index (χ4v) is 0.129. The molecule has 3 heteroatoms. The van der Waals surface area contributed by atoms with Crippen LogP contribution >= 0.6 is 0 Å². The Labute approximate surface area is 46.9 Å². The van der Waals surface area contributed by atoms with Crippen LogP contribution in [0.15, 0.2) is 0 Å². The molecule has 0 N–H and O–H groups in total. The van der Waals surface area contributed by atoms with Gasteiger partial charge >= 0.3 is 5.97 Å². The van der Waals surface area contributed by atoms with Gasteiger partial charge in [0.25, 0.3) is 0 Å². The molecule has 0 rings (SSSR count). The molecule has 0 saturated heterocycles. The van der Waals surface area contributed by atoms with E-state index in [0.717, 1.165) is 0 Å². The molecule has 3 nitrogen and oxygen atoms in total. The van der Waals surface area contributed by atoms with Gasteiger partial charge in [-0.15, -0.1) is 0 Å². The van der Waals surface area contributed by atoms with Crippen LogP contribution < -0.4 is 5.32 Å². The number of ether oxygens (including phenoxy) is 1. The summed E-state index contributed by atoms with van der Waals surface area (Å²) in [7, 11) is 1.18. The lowest BCUT2D eigenvalue weighted by molar-refractivity contribution is -0.139. The summed E-state index contributed by atoms with van der Waals surface area (Å²) in [5, 5.41) is 3.05. The first-order valence-corrected chi connectivity index (χ1v) is 1.71. The molecule has 0 aromatic heterocycles. The number of methoxy groups -OCH3 is 1. The molecule has 0 atom stereocenters. The zero-order chi connectivity index (χ0) is 8.20. The highest BCUT2D eigenvalue weighted by Gasteiger charge is 1.93. The molecule has 0 aliphatic carbocycles. The van der Waals surface area contributed by atoms with E-state index < -0.39 is 19.5 Å². The minimum atomic E-state index is -2.39. The van der Waals surface area contributed by atoms with Crippen LogP contribution in [0.5, 0.6) is 0 Å². The maximum Gasteiger partial charge on any atom is 0.321 e. The summed E-state index contributed by atoms with van der Waals surface area (Å²) in [5.41, 5.74) is 0. The molecular weight excluding hydrogens is 94.0 g/mol. The number of hydrogen-bond donors (Lipinski definition) is 0. The molecule has 0 saturated carbocycles. The van der Waals surface area contributed by atoms with Crippen molar-refractivity contribution in [3.63, 3.8) is 0 Å². The zero-order valence-corrected chi connectivity index (χ0v) is 3.97. The van der Waals surface area contributed by atoms with Crippen LogP contribution in [0.3, 0.4) is 0 Å². The third-order valence-electron chi connectivity index (χ3n) is 0.436. The van der Waals surface area contributed by atoms with Gasteiger partial charge in [-0.25, -0.2) is 5.32 Å². The number of carbonyl (C=O) groups is 1. The van der Waals surface area contributed by atoms with Crippen LogP contribution in [-0.2, 0) is 9.53 Å². The maximum absolute atomic E-state index is 10.3. The first-order chi connectivity index (χ1) is 4.45. The standard InChI is InChI=1S/C4H8NO2/c1-5-3-4(6)7-2/h3H2,1-2H3/i1D3. The highest BCUT2D eigenvalue weighted by atomic mass is 16.5. The highest BCUT2D eigenvalue weighted by Crippen LogP contribution is 1.66. The van der Waals surface area contributed by atoms with Gasteiger partial charge < -0.3 is 4.74 Å². The number of hydrogen-bond acceptors (Lipinski definition) is 2. The van der Waals surface area contributed by atoms with E-state index in [1.807, 2.05) is 0 Å². The summed E-state index contributed by atoms with van der Waals surface area (Å²) in [6.07, 6.45) is 0. The van der Waals surface area contributed by atoms with E-state index in [-0.39, 0.29) is 0 Å². The molecule has 41 valence electrons. The molecule has 7 heavy (non-hydrogen) atoms. The Morgan fingerprint density at radius 1 is 2.14 bits per heavy atom. The molecular formula is C4H8NO2. The molecule has 0 aromatic rings. The molecule has 0 amide bonds. The summed E-state index contributed by atoms with van der Waals surface area (Å²) in [6, 6.07) is 0. The quantitative estimate of drug-likeness (QED) is 0.440. The maximum atomic E-state index is 10.3. The number of esters is 1. The average Bonchev–Trinajstić information content (AvgIpc) is 1.81. The molecule has 0 aromatic carbocycles. The van der Waals surface area contributed by atoms with E-state index in [9.17, 15) is 4.79 Å². The van der Waals surface area contributed by atoms with E-state index in [2.05, 4.69) is 10.1 Å². The second-order valence-corrected chi connectivity index (χ2v) is 0.892. The zero-order valence-electron chi connectivity index (χ0n) is 6.97. The lowest BCUT2D eigenvalue weighted by Crippen LogP contribution is -2.13. The molecule has 1 radical (unpaired) electrons.